The van der Waals surface area contributed by atoms with Crippen LogP contribution in [0.4, 0.5) is 34.1 Å². The Morgan fingerprint density at radius 2 is 0.556 bits per heavy atom. The molecule has 0 spiro atoms. The van der Waals surface area contributed by atoms with Gasteiger partial charge in [-0.15, -0.1) is 0 Å². The van der Waals surface area contributed by atoms with Crippen molar-refractivity contribution < 1.29 is 0 Å². The molecule has 0 atom stereocenters. The van der Waals surface area contributed by atoms with Crippen molar-refractivity contribution >= 4 is 55.9 Å². The van der Waals surface area contributed by atoms with E-state index in [0.717, 1.165) is 123 Å². The molecule has 0 aliphatic carbocycles. The highest BCUT2D eigenvalue weighted by atomic mass is 15.1. The van der Waals surface area contributed by atoms with E-state index in [-0.39, 0.29) is 0 Å². The highest BCUT2D eigenvalue weighted by Gasteiger charge is 2.25. The van der Waals surface area contributed by atoms with Gasteiger partial charge < -0.3 is 14.4 Å². The number of aromatic nitrogens is 3. The Labute approximate surface area is 472 Å². The number of hydrogen-bond acceptors (Lipinski definition) is 4. The molecule has 0 aliphatic heterocycles. The lowest BCUT2D eigenvalue weighted by atomic mass is 9.90. The predicted molar refractivity (Wildman–Crippen MR) is 338 cm³/mol. The summed E-state index contributed by atoms with van der Waals surface area (Å²) in [6, 6.07) is 115. The van der Waals surface area contributed by atoms with Gasteiger partial charge in [-0.2, -0.15) is 0 Å². The lowest BCUT2D eigenvalue weighted by molar-refractivity contribution is 1.18. The molecule has 5 nitrogen and oxygen atoms in total. The maximum absolute atomic E-state index is 5.17. The summed E-state index contributed by atoms with van der Waals surface area (Å²) in [4.78, 5) is 14.9. The van der Waals surface area contributed by atoms with Crippen LogP contribution >= 0.6 is 0 Å². The third kappa shape index (κ3) is 9.49. The molecule has 81 heavy (non-hydrogen) atoms. The number of para-hydroxylation sites is 4. The van der Waals surface area contributed by atoms with Gasteiger partial charge in [-0.1, -0.05) is 218 Å². The van der Waals surface area contributed by atoms with E-state index in [2.05, 4.69) is 312 Å². The van der Waals surface area contributed by atoms with E-state index in [4.69, 9.17) is 9.97 Å². The van der Waals surface area contributed by atoms with Crippen LogP contribution in [-0.4, -0.2) is 14.5 Å². The third-order valence-corrected chi connectivity index (χ3v) is 15.2. The summed E-state index contributed by atoms with van der Waals surface area (Å²) in [7, 11) is 0. The SMILES string of the molecule is c1ccc(-c2cc(-c3ccc(-c4cc(-c5ccccc5)c(-n5c6ccc(N(c7ccccc7)c7ccccc7)cc6c6cc(N(c7ccccc7)c7ccccc7)ccc65)c(-c5ccccc5)c4)cc3)nc(-c3ccccc3)n2)cc1. The van der Waals surface area contributed by atoms with E-state index in [0.29, 0.717) is 5.82 Å². The fourth-order valence-electron chi connectivity index (χ4n) is 11.3. The van der Waals surface area contributed by atoms with E-state index in [1.54, 1.807) is 0 Å². The summed E-state index contributed by atoms with van der Waals surface area (Å²) in [6.45, 7) is 0. The number of nitrogens with zero attached hydrogens (tertiary/aromatic N) is 5. The Morgan fingerprint density at radius 3 is 0.938 bits per heavy atom. The van der Waals surface area contributed by atoms with Crippen LogP contribution in [0.5, 0.6) is 0 Å². The van der Waals surface area contributed by atoms with Crippen molar-refractivity contribution in [2.45, 2.75) is 0 Å². The molecule has 0 unspecified atom stereocenters. The van der Waals surface area contributed by atoms with E-state index in [1.165, 1.54) is 0 Å². The molecule has 14 aromatic rings. The van der Waals surface area contributed by atoms with E-state index in [1.807, 2.05) is 24.3 Å². The summed E-state index contributed by atoms with van der Waals surface area (Å²) < 4.78 is 2.52. The first-order valence-corrected chi connectivity index (χ1v) is 27.5. The topological polar surface area (TPSA) is 37.2 Å². The highest BCUT2D eigenvalue weighted by molar-refractivity contribution is 6.13. The fourth-order valence-corrected chi connectivity index (χ4v) is 11.3. The zero-order valence-corrected chi connectivity index (χ0v) is 44.3. The normalized spacial score (nSPS) is 11.2. The monoisotopic (exact) mass is 1040 g/mol. The van der Waals surface area contributed by atoms with Crippen LogP contribution in [0.1, 0.15) is 0 Å². The van der Waals surface area contributed by atoms with E-state index >= 15 is 0 Å². The van der Waals surface area contributed by atoms with Crippen LogP contribution in [0.25, 0.3) is 94.8 Å². The third-order valence-electron chi connectivity index (χ3n) is 15.2. The Bertz CT molecular complexity index is 4120. The van der Waals surface area contributed by atoms with Gasteiger partial charge in [0.15, 0.2) is 5.82 Å². The van der Waals surface area contributed by atoms with Crippen molar-refractivity contribution in [3.63, 3.8) is 0 Å². The van der Waals surface area contributed by atoms with Gasteiger partial charge in [0, 0.05) is 72.7 Å². The summed E-state index contributed by atoms with van der Waals surface area (Å²) in [6.07, 6.45) is 0. The zero-order chi connectivity index (χ0) is 53.9. The van der Waals surface area contributed by atoms with Crippen molar-refractivity contribution in [3.05, 3.63) is 322 Å². The van der Waals surface area contributed by atoms with Crippen LogP contribution < -0.4 is 9.80 Å². The van der Waals surface area contributed by atoms with Gasteiger partial charge in [0.25, 0.3) is 0 Å². The minimum Gasteiger partial charge on any atom is -0.310 e. The van der Waals surface area contributed by atoms with Crippen LogP contribution in [-0.2, 0) is 0 Å². The molecule has 382 valence electrons. The Kier molecular flexibility index (Phi) is 12.9. The lowest BCUT2D eigenvalue weighted by Gasteiger charge is -2.26. The number of anilines is 6. The van der Waals surface area contributed by atoms with Gasteiger partial charge in [0.2, 0.25) is 0 Å². The molecule has 2 heterocycles. The smallest absolute Gasteiger partial charge is 0.160 e. The molecule has 5 heteroatoms. The minimum absolute atomic E-state index is 0.693. The molecule has 0 fully saturated rings. The van der Waals surface area contributed by atoms with E-state index in [9.17, 15) is 0 Å². The van der Waals surface area contributed by atoms with Gasteiger partial charge in [0.1, 0.15) is 0 Å². The largest absolute Gasteiger partial charge is 0.310 e. The first-order valence-electron chi connectivity index (χ1n) is 27.5. The summed E-state index contributed by atoms with van der Waals surface area (Å²) >= 11 is 0. The quantitative estimate of drug-likeness (QED) is 0.115. The van der Waals surface area contributed by atoms with Crippen molar-refractivity contribution in [3.8, 4) is 73.0 Å². The summed E-state index contributed by atoms with van der Waals surface area (Å²) in [5, 5.41) is 2.27. The standard InChI is InChI=1S/C76H53N5/c1-9-25-55(26-10-1)67-49-60(54-41-43-58(44-42-54)72-53-71(57-29-13-3-14-30-57)77-76(78-72)59-31-15-4-16-32-59)50-68(56-27-11-2-12-28-56)75(67)81-73-47-45-65(79(61-33-17-5-18-34-61)62-35-19-6-20-36-62)51-69(73)70-52-66(46-48-74(70)81)80(63-37-21-7-22-38-63)64-39-23-8-24-40-64/h1-53H. The number of fused-ring (bicyclic) bond motifs is 3. The predicted octanol–water partition coefficient (Wildman–Crippen LogP) is 20.5. The van der Waals surface area contributed by atoms with Crippen molar-refractivity contribution in [1.29, 1.82) is 0 Å². The summed E-state index contributed by atoms with van der Waals surface area (Å²) in [5.41, 5.74) is 21.2. The second-order valence-electron chi connectivity index (χ2n) is 20.2. The first-order chi connectivity index (χ1) is 40.2. The molecule has 0 saturated heterocycles. The van der Waals surface area contributed by atoms with Crippen LogP contribution in [0.3, 0.4) is 0 Å². The zero-order valence-electron chi connectivity index (χ0n) is 44.3. The molecule has 0 radical (unpaired) electrons. The van der Waals surface area contributed by atoms with Crippen LogP contribution in [0.2, 0.25) is 0 Å². The molecule has 12 aromatic carbocycles. The maximum Gasteiger partial charge on any atom is 0.160 e. The fraction of sp³-hybridized carbons (Fsp3) is 0. The molecular weight excluding hydrogens is 983 g/mol. The molecular formula is C76H53N5. The second kappa shape index (κ2) is 21.5. The van der Waals surface area contributed by atoms with Crippen LogP contribution in [0.15, 0.2) is 322 Å². The van der Waals surface area contributed by atoms with Gasteiger partial charge in [-0.3, -0.25) is 0 Å². The average Bonchev–Trinajstić information content (AvgIpc) is 4.14. The maximum atomic E-state index is 5.17. The number of hydrogen-bond donors (Lipinski definition) is 0. The van der Waals surface area contributed by atoms with Gasteiger partial charge in [-0.05, 0) is 125 Å². The van der Waals surface area contributed by atoms with Crippen LogP contribution in [0, 0.1) is 0 Å². The van der Waals surface area contributed by atoms with Crippen molar-refractivity contribution in [2.24, 2.45) is 0 Å². The Hall–Kier alpha value is -10.9. The minimum atomic E-state index is 0.693. The van der Waals surface area contributed by atoms with Crippen molar-refractivity contribution in [1.82, 2.24) is 14.5 Å². The molecule has 0 N–H and O–H groups in total. The molecule has 14 rings (SSSR count). The van der Waals surface area contributed by atoms with Gasteiger partial charge in [0.05, 0.1) is 28.1 Å². The molecule has 0 aliphatic rings. The van der Waals surface area contributed by atoms with Gasteiger partial charge in [-0.25, -0.2) is 9.97 Å². The Balaban J connectivity index is 0.997. The molecule has 2 aromatic heterocycles. The highest BCUT2D eigenvalue weighted by Crippen LogP contribution is 2.47. The summed E-state index contributed by atoms with van der Waals surface area (Å²) in [5.74, 6) is 0.693. The van der Waals surface area contributed by atoms with E-state index < -0.39 is 0 Å². The Morgan fingerprint density at radius 1 is 0.235 bits per heavy atom. The lowest BCUT2D eigenvalue weighted by Crippen LogP contribution is -2.09. The number of rotatable bonds is 13. The molecule has 0 amide bonds. The number of benzene rings is 12. The van der Waals surface area contributed by atoms with Crippen molar-refractivity contribution in [2.75, 3.05) is 9.80 Å². The van der Waals surface area contributed by atoms with Gasteiger partial charge >= 0.3 is 0 Å². The molecule has 0 bridgehead atoms. The average molecular weight is 1040 g/mol. The first kappa shape index (κ1) is 48.5. The molecule has 0 saturated carbocycles. The second-order valence-corrected chi connectivity index (χ2v) is 20.2.